The number of aromatic nitrogens is 1. The Balaban J connectivity index is 2.75. The van der Waals surface area contributed by atoms with Crippen LogP contribution in [-0.2, 0) is 5.75 Å². The van der Waals surface area contributed by atoms with Crippen LogP contribution < -0.4 is 0 Å². The maximum absolute atomic E-state index is 4.16. The van der Waals surface area contributed by atoms with E-state index in [0.29, 0.717) is 0 Å². The van der Waals surface area contributed by atoms with Crippen molar-refractivity contribution >= 4 is 22.5 Å². The molecule has 0 N–H and O–H groups in total. The van der Waals surface area contributed by atoms with Crippen LogP contribution in [0.15, 0.2) is 18.3 Å². The van der Waals surface area contributed by atoms with Crippen molar-refractivity contribution in [1.82, 2.24) is 4.98 Å². The van der Waals surface area contributed by atoms with Crippen molar-refractivity contribution in [3.63, 3.8) is 0 Å². The molecule has 0 saturated carbocycles. The van der Waals surface area contributed by atoms with Gasteiger partial charge in [0.2, 0.25) is 0 Å². The van der Waals surface area contributed by atoms with Crippen LogP contribution >= 0.6 is 22.5 Å². The van der Waals surface area contributed by atoms with Crippen LogP contribution in [0.2, 0.25) is 0 Å². The van der Waals surface area contributed by atoms with Gasteiger partial charge in [0.25, 0.3) is 0 Å². The van der Waals surface area contributed by atoms with Gasteiger partial charge in [0, 0.05) is 11.9 Å². The van der Waals surface area contributed by atoms with Crippen LogP contribution in [0.3, 0.4) is 0 Å². The summed E-state index contributed by atoms with van der Waals surface area (Å²) in [4.78, 5) is 4.16. The lowest BCUT2D eigenvalue weighted by Crippen LogP contribution is -1.84. The van der Waals surface area contributed by atoms with Crippen LogP contribution in [0, 0.1) is 6.92 Å². The second kappa shape index (κ2) is 3.88. The van der Waals surface area contributed by atoms with Crippen LogP contribution in [0.25, 0.3) is 0 Å². The molecule has 0 aliphatic heterocycles. The summed E-state index contributed by atoms with van der Waals surface area (Å²) in [6.45, 7) is 2.06. The predicted molar refractivity (Wildman–Crippen MR) is 49.3 cm³/mol. The maximum Gasteiger partial charge on any atom is 0.0513 e. The molecule has 10 heavy (non-hydrogen) atoms. The van der Waals surface area contributed by atoms with Crippen molar-refractivity contribution in [2.45, 2.75) is 12.7 Å². The largest absolute Gasteiger partial charge is 0.260 e. The SMILES string of the molecule is Cc1ccnc(CSS)c1. The smallest absolute Gasteiger partial charge is 0.0513 e. The Morgan fingerprint density at radius 2 is 2.50 bits per heavy atom. The lowest BCUT2D eigenvalue weighted by molar-refractivity contribution is 1.16. The van der Waals surface area contributed by atoms with E-state index in [2.05, 4.69) is 29.6 Å². The van der Waals surface area contributed by atoms with Crippen molar-refractivity contribution in [3.8, 4) is 0 Å². The molecular formula is C7H9NS2. The number of aryl methyl sites for hydroxylation is 1. The number of nitrogens with zero attached hydrogens (tertiary/aromatic N) is 1. The van der Waals surface area contributed by atoms with Gasteiger partial charge in [-0.05, 0) is 24.6 Å². The third kappa shape index (κ3) is 2.23. The molecule has 1 aromatic heterocycles. The second-order valence-corrected chi connectivity index (χ2v) is 3.42. The fourth-order valence-electron chi connectivity index (χ4n) is 0.744. The van der Waals surface area contributed by atoms with E-state index in [1.54, 1.807) is 0 Å². The summed E-state index contributed by atoms with van der Waals surface area (Å²) in [5, 5.41) is 0. The normalized spacial score (nSPS) is 9.80. The molecule has 1 heterocycles. The molecule has 0 bridgehead atoms. The Morgan fingerprint density at radius 1 is 1.70 bits per heavy atom. The van der Waals surface area contributed by atoms with Gasteiger partial charge in [0.15, 0.2) is 0 Å². The molecule has 0 radical (unpaired) electrons. The van der Waals surface area contributed by atoms with Crippen LogP contribution in [0.1, 0.15) is 11.3 Å². The Bertz CT molecular complexity index is 213. The van der Waals surface area contributed by atoms with Crippen LogP contribution in [0.5, 0.6) is 0 Å². The average molecular weight is 171 g/mol. The number of hydrogen-bond donors (Lipinski definition) is 1. The molecule has 3 heteroatoms. The molecule has 54 valence electrons. The zero-order valence-electron chi connectivity index (χ0n) is 5.74. The van der Waals surface area contributed by atoms with Gasteiger partial charge in [-0.3, -0.25) is 4.98 Å². The molecule has 1 aromatic rings. The van der Waals surface area contributed by atoms with Crippen LogP contribution in [-0.4, -0.2) is 4.98 Å². The zero-order chi connectivity index (χ0) is 7.40. The first-order chi connectivity index (χ1) is 4.83. The first kappa shape index (κ1) is 7.95. The van der Waals surface area contributed by atoms with E-state index in [-0.39, 0.29) is 0 Å². The number of thiol groups is 1. The Kier molecular flexibility index (Phi) is 3.09. The maximum atomic E-state index is 4.16. The number of pyridine rings is 1. The number of hydrogen-bond acceptors (Lipinski definition) is 3. The molecule has 0 aromatic carbocycles. The minimum Gasteiger partial charge on any atom is -0.260 e. The van der Waals surface area contributed by atoms with E-state index in [1.807, 2.05) is 12.3 Å². The average Bonchev–Trinajstić information content (AvgIpc) is 1.88. The molecule has 0 aliphatic carbocycles. The fraction of sp³-hybridized carbons (Fsp3) is 0.286. The van der Waals surface area contributed by atoms with E-state index in [9.17, 15) is 0 Å². The van der Waals surface area contributed by atoms with E-state index >= 15 is 0 Å². The van der Waals surface area contributed by atoms with Gasteiger partial charge in [0.05, 0.1) is 5.69 Å². The Hall–Kier alpha value is -0.150. The molecule has 0 amide bonds. The van der Waals surface area contributed by atoms with E-state index in [0.717, 1.165) is 11.4 Å². The van der Waals surface area contributed by atoms with E-state index < -0.39 is 0 Å². The van der Waals surface area contributed by atoms with Crippen molar-refractivity contribution < 1.29 is 0 Å². The lowest BCUT2D eigenvalue weighted by atomic mass is 10.3. The molecule has 0 unspecified atom stereocenters. The molecule has 0 aliphatic rings. The highest BCUT2D eigenvalue weighted by molar-refractivity contribution is 8.68. The first-order valence-electron chi connectivity index (χ1n) is 3.01. The van der Waals surface area contributed by atoms with Gasteiger partial charge in [-0.2, -0.15) is 0 Å². The summed E-state index contributed by atoms with van der Waals surface area (Å²) < 4.78 is 0. The quantitative estimate of drug-likeness (QED) is 0.542. The summed E-state index contributed by atoms with van der Waals surface area (Å²) >= 11 is 4.04. The van der Waals surface area contributed by atoms with Crippen molar-refractivity contribution in [1.29, 1.82) is 0 Å². The standard InChI is InChI=1S/C7H9NS2/c1-6-2-3-8-7(4-6)5-10-9/h2-4,9H,5H2,1H3. The molecular weight excluding hydrogens is 162 g/mol. The highest BCUT2D eigenvalue weighted by atomic mass is 33.1. The van der Waals surface area contributed by atoms with Crippen molar-refractivity contribution in [2.75, 3.05) is 0 Å². The minimum absolute atomic E-state index is 0.880. The molecule has 0 atom stereocenters. The van der Waals surface area contributed by atoms with Crippen molar-refractivity contribution in [3.05, 3.63) is 29.6 Å². The van der Waals surface area contributed by atoms with Gasteiger partial charge >= 0.3 is 0 Å². The fourth-order valence-corrected chi connectivity index (χ4v) is 1.43. The summed E-state index contributed by atoms with van der Waals surface area (Å²) in [5.41, 5.74) is 2.35. The van der Waals surface area contributed by atoms with Gasteiger partial charge in [-0.1, -0.05) is 10.8 Å². The zero-order valence-corrected chi connectivity index (χ0v) is 7.45. The summed E-state index contributed by atoms with van der Waals surface area (Å²) in [6, 6.07) is 4.07. The van der Waals surface area contributed by atoms with Gasteiger partial charge in [-0.15, -0.1) is 11.7 Å². The number of rotatable bonds is 2. The summed E-state index contributed by atoms with van der Waals surface area (Å²) in [7, 11) is 1.50. The minimum atomic E-state index is 0.880. The Morgan fingerprint density at radius 3 is 3.10 bits per heavy atom. The lowest BCUT2D eigenvalue weighted by Gasteiger charge is -1.96. The molecule has 1 nitrogen and oxygen atoms in total. The van der Waals surface area contributed by atoms with Gasteiger partial charge < -0.3 is 0 Å². The highest BCUT2D eigenvalue weighted by Gasteiger charge is 1.91. The van der Waals surface area contributed by atoms with Gasteiger partial charge in [0.1, 0.15) is 0 Å². The van der Waals surface area contributed by atoms with E-state index in [1.165, 1.54) is 16.4 Å². The molecule has 0 fully saturated rings. The summed E-state index contributed by atoms with van der Waals surface area (Å²) in [5.74, 6) is 0.880. The summed E-state index contributed by atoms with van der Waals surface area (Å²) in [6.07, 6.45) is 1.83. The molecule has 0 saturated heterocycles. The molecule has 1 rings (SSSR count). The Labute approximate surface area is 70.1 Å². The van der Waals surface area contributed by atoms with Crippen molar-refractivity contribution in [2.24, 2.45) is 0 Å². The first-order valence-corrected chi connectivity index (χ1v) is 5.04. The van der Waals surface area contributed by atoms with Crippen LogP contribution in [0.4, 0.5) is 0 Å². The molecule has 0 spiro atoms. The van der Waals surface area contributed by atoms with E-state index in [4.69, 9.17) is 0 Å². The monoisotopic (exact) mass is 171 g/mol. The van der Waals surface area contributed by atoms with Gasteiger partial charge in [-0.25, -0.2) is 0 Å². The highest BCUT2D eigenvalue weighted by Crippen LogP contribution is 2.13. The predicted octanol–water partition coefficient (Wildman–Crippen LogP) is 2.47. The second-order valence-electron chi connectivity index (χ2n) is 2.10. The third-order valence-electron chi connectivity index (χ3n) is 1.18. The third-order valence-corrected chi connectivity index (χ3v) is 2.00. The topological polar surface area (TPSA) is 12.9 Å².